The average Bonchev–Trinajstić information content (AvgIpc) is 2.75. The molecule has 1 unspecified atom stereocenters. The molecule has 3 heteroatoms. The van der Waals surface area contributed by atoms with Gasteiger partial charge in [-0.3, -0.25) is 0 Å². The summed E-state index contributed by atoms with van der Waals surface area (Å²) in [7, 11) is 0. The van der Waals surface area contributed by atoms with Crippen LogP contribution in [0.5, 0.6) is 0 Å². The molecule has 0 saturated heterocycles. The Morgan fingerprint density at radius 2 is 2.25 bits per heavy atom. The van der Waals surface area contributed by atoms with E-state index in [-0.39, 0.29) is 0 Å². The molecule has 16 heavy (non-hydrogen) atoms. The van der Waals surface area contributed by atoms with Crippen molar-refractivity contribution >= 4 is 22.7 Å². The molecule has 0 aliphatic heterocycles. The van der Waals surface area contributed by atoms with Gasteiger partial charge in [0.05, 0.1) is 0 Å². The number of benzene rings is 1. The van der Waals surface area contributed by atoms with E-state index in [0.717, 1.165) is 12.3 Å². The number of rotatable bonds is 5. The Kier molecular flexibility index (Phi) is 3.91. The molecule has 1 heterocycles. The first-order chi connectivity index (χ1) is 7.81. The number of hydrogen-bond donors (Lipinski definition) is 2. The van der Waals surface area contributed by atoms with Crippen molar-refractivity contribution in [1.82, 2.24) is 10.3 Å². The molecule has 0 radical (unpaired) electrons. The lowest BCUT2D eigenvalue weighted by atomic mass is 10.1. The summed E-state index contributed by atoms with van der Waals surface area (Å²) in [5.74, 6) is 1.15. The topological polar surface area (TPSA) is 27.8 Å². The van der Waals surface area contributed by atoms with Gasteiger partial charge in [0, 0.05) is 30.1 Å². The van der Waals surface area contributed by atoms with Gasteiger partial charge >= 0.3 is 0 Å². The van der Waals surface area contributed by atoms with Gasteiger partial charge in [0.15, 0.2) is 0 Å². The lowest BCUT2D eigenvalue weighted by Gasteiger charge is -2.12. The Hall–Kier alpha value is -0.930. The van der Waals surface area contributed by atoms with E-state index in [1.165, 1.54) is 16.5 Å². The van der Waals surface area contributed by atoms with Gasteiger partial charge in [-0.2, -0.15) is 11.8 Å². The van der Waals surface area contributed by atoms with Crippen LogP contribution in [0.4, 0.5) is 0 Å². The maximum Gasteiger partial charge on any atom is 0.0499 e. The third-order valence-electron chi connectivity index (χ3n) is 2.73. The summed E-state index contributed by atoms with van der Waals surface area (Å²) in [6, 6.07) is 9.11. The molecule has 2 N–H and O–H groups in total. The highest BCUT2D eigenvalue weighted by molar-refractivity contribution is 7.98. The zero-order chi connectivity index (χ0) is 11.4. The van der Waals surface area contributed by atoms with Gasteiger partial charge in [0.25, 0.3) is 0 Å². The fraction of sp³-hybridized carbons (Fsp3) is 0.385. The molecule has 0 amide bonds. The molecule has 2 rings (SSSR count). The Morgan fingerprint density at radius 3 is 3.06 bits per heavy atom. The summed E-state index contributed by atoms with van der Waals surface area (Å²) >= 11 is 1.88. The monoisotopic (exact) mass is 234 g/mol. The summed E-state index contributed by atoms with van der Waals surface area (Å²) in [5.41, 5.74) is 2.60. The standard InChI is InChI=1S/C13H18N2S/c1-10(9-16-2)15-8-12-5-3-4-11-6-7-14-13(11)12/h3-7,10,14-15H,8-9H2,1-2H3. The lowest BCUT2D eigenvalue weighted by molar-refractivity contribution is 0.598. The summed E-state index contributed by atoms with van der Waals surface area (Å²) in [6.45, 7) is 3.16. The molecule has 0 aliphatic rings. The number of H-pyrrole nitrogens is 1. The van der Waals surface area contributed by atoms with Crippen molar-refractivity contribution in [2.75, 3.05) is 12.0 Å². The van der Waals surface area contributed by atoms with E-state index in [9.17, 15) is 0 Å². The summed E-state index contributed by atoms with van der Waals surface area (Å²) in [6.07, 6.45) is 4.14. The van der Waals surface area contributed by atoms with Crippen LogP contribution in [-0.2, 0) is 6.54 Å². The molecular weight excluding hydrogens is 216 g/mol. The predicted molar refractivity (Wildman–Crippen MR) is 73.0 cm³/mol. The second-order valence-corrected chi connectivity index (χ2v) is 5.01. The van der Waals surface area contributed by atoms with E-state index in [2.05, 4.69) is 47.7 Å². The molecule has 0 saturated carbocycles. The second-order valence-electron chi connectivity index (χ2n) is 4.10. The molecule has 0 fully saturated rings. The third kappa shape index (κ3) is 2.60. The quantitative estimate of drug-likeness (QED) is 0.832. The Labute approximate surface area is 101 Å². The average molecular weight is 234 g/mol. The van der Waals surface area contributed by atoms with Crippen molar-refractivity contribution in [3.63, 3.8) is 0 Å². The van der Waals surface area contributed by atoms with Gasteiger partial charge in [-0.1, -0.05) is 18.2 Å². The van der Waals surface area contributed by atoms with E-state index in [1.54, 1.807) is 0 Å². The van der Waals surface area contributed by atoms with Crippen LogP contribution in [0.2, 0.25) is 0 Å². The van der Waals surface area contributed by atoms with Crippen LogP contribution in [-0.4, -0.2) is 23.0 Å². The fourth-order valence-electron chi connectivity index (χ4n) is 1.89. The number of thioether (sulfide) groups is 1. The number of hydrogen-bond acceptors (Lipinski definition) is 2. The van der Waals surface area contributed by atoms with Crippen LogP contribution in [0.15, 0.2) is 30.5 Å². The number of nitrogens with one attached hydrogen (secondary N) is 2. The van der Waals surface area contributed by atoms with Crippen molar-refractivity contribution in [3.8, 4) is 0 Å². The van der Waals surface area contributed by atoms with Crippen LogP contribution < -0.4 is 5.32 Å². The van der Waals surface area contributed by atoms with Gasteiger partial charge in [-0.15, -0.1) is 0 Å². The highest BCUT2D eigenvalue weighted by Gasteiger charge is 2.04. The zero-order valence-corrected chi connectivity index (χ0v) is 10.6. The number of fused-ring (bicyclic) bond motifs is 1. The first kappa shape index (κ1) is 11.6. The van der Waals surface area contributed by atoms with E-state index < -0.39 is 0 Å². The smallest absolute Gasteiger partial charge is 0.0499 e. The molecule has 1 aromatic carbocycles. The first-order valence-electron chi connectivity index (χ1n) is 5.58. The van der Waals surface area contributed by atoms with Crippen molar-refractivity contribution in [2.45, 2.75) is 19.5 Å². The van der Waals surface area contributed by atoms with E-state index in [0.29, 0.717) is 6.04 Å². The van der Waals surface area contributed by atoms with Crippen molar-refractivity contribution in [2.24, 2.45) is 0 Å². The molecule has 1 aromatic heterocycles. The molecular formula is C13H18N2S. The zero-order valence-electron chi connectivity index (χ0n) is 9.79. The highest BCUT2D eigenvalue weighted by Crippen LogP contribution is 2.16. The molecule has 0 bridgehead atoms. The number of aromatic nitrogens is 1. The van der Waals surface area contributed by atoms with Crippen LogP contribution in [0.25, 0.3) is 10.9 Å². The molecule has 1 atom stereocenters. The largest absolute Gasteiger partial charge is 0.361 e. The maximum absolute atomic E-state index is 3.54. The van der Waals surface area contributed by atoms with Crippen molar-refractivity contribution in [1.29, 1.82) is 0 Å². The van der Waals surface area contributed by atoms with Crippen molar-refractivity contribution < 1.29 is 0 Å². The summed E-state index contributed by atoms with van der Waals surface area (Å²) in [5, 5.41) is 4.83. The van der Waals surface area contributed by atoms with Crippen LogP contribution in [0.3, 0.4) is 0 Å². The Bertz CT molecular complexity index is 450. The predicted octanol–water partition coefficient (Wildman–Crippen LogP) is 3.01. The normalized spacial score (nSPS) is 13.1. The SMILES string of the molecule is CSCC(C)NCc1cccc2cc[nH]c12. The molecule has 86 valence electrons. The third-order valence-corrected chi connectivity index (χ3v) is 3.56. The van der Waals surface area contributed by atoms with Crippen LogP contribution in [0.1, 0.15) is 12.5 Å². The van der Waals surface area contributed by atoms with Crippen LogP contribution in [0, 0.1) is 0 Å². The van der Waals surface area contributed by atoms with Gasteiger partial charge in [0.1, 0.15) is 0 Å². The summed E-state index contributed by atoms with van der Waals surface area (Å²) < 4.78 is 0. The molecule has 2 aromatic rings. The maximum atomic E-state index is 3.54. The molecule has 0 aliphatic carbocycles. The van der Waals surface area contributed by atoms with E-state index in [1.807, 2.05) is 18.0 Å². The minimum atomic E-state index is 0.556. The molecule has 0 spiro atoms. The molecule has 2 nitrogen and oxygen atoms in total. The van der Waals surface area contributed by atoms with Crippen molar-refractivity contribution in [3.05, 3.63) is 36.0 Å². The van der Waals surface area contributed by atoms with Gasteiger partial charge in [-0.05, 0) is 30.2 Å². The van der Waals surface area contributed by atoms with E-state index >= 15 is 0 Å². The number of aromatic amines is 1. The van der Waals surface area contributed by atoms with Gasteiger partial charge in [-0.25, -0.2) is 0 Å². The summed E-state index contributed by atoms with van der Waals surface area (Å²) in [4.78, 5) is 3.30. The van der Waals surface area contributed by atoms with Crippen LogP contribution >= 0.6 is 11.8 Å². The minimum absolute atomic E-state index is 0.556. The van der Waals surface area contributed by atoms with Gasteiger partial charge < -0.3 is 10.3 Å². The fourth-order valence-corrected chi connectivity index (χ4v) is 2.51. The highest BCUT2D eigenvalue weighted by atomic mass is 32.2. The lowest BCUT2D eigenvalue weighted by Crippen LogP contribution is -2.27. The van der Waals surface area contributed by atoms with Gasteiger partial charge in [0.2, 0.25) is 0 Å². The number of para-hydroxylation sites is 1. The first-order valence-corrected chi connectivity index (χ1v) is 6.98. The minimum Gasteiger partial charge on any atom is -0.361 e. The Balaban J connectivity index is 2.06. The van der Waals surface area contributed by atoms with E-state index in [4.69, 9.17) is 0 Å². The second kappa shape index (κ2) is 5.41. The Morgan fingerprint density at radius 1 is 1.38 bits per heavy atom.